The zero-order valence-corrected chi connectivity index (χ0v) is 16.8. The fourth-order valence-corrected chi connectivity index (χ4v) is 5.36. The lowest BCUT2D eigenvalue weighted by molar-refractivity contribution is -0.161. The first-order valence-electron chi connectivity index (χ1n) is 9.01. The van der Waals surface area contributed by atoms with E-state index in [1.807, 2.05) is 0 Å². The molecule has 1 aromatic rings. The maximum absolute atomic E-state index is 14.4. The minimum atomic E-state index is -3.24. The average Bonchev–Trinajstić information content (AvgIpc) is 3.23. The van der Waals surface area contributed by atoms with Crippen LogP contribution in [-0.4, -0.2) is 53.0 Å². The number of carbonyl (C=O) groups excluding carboxylic acids is 2. The number of anilines is 1. The maximum Gasteiger partial charge on any atom is 0.313 e. The predicted molar refractivity (Wildman–Crippen MR) is 103 cm³/mol. The number of benzene rings is 1. The smallest absolute Gasteiger partial charge is 0.313 e. The number of hydrogen-bond acceptors (Lipinski definition) is 5. The molecule has 0 aliphatic carbocycles. The molecule has 2 fully saturated rings. The van der Waals surface area contributed by atoms with Crippen LogP contribution in [0.4, 0.5) is 14.5 Å². The maximum atomic E-state index is 14.4. The molecule has 4 rings (SSSR count). The van der Waals surface area contributed by atoms with Gasteiger partial charge in [0.25, 0.3) is 11.8 Å². The predicted octanol–water partition coefficient (Wildman–Crippen LogP) is 2.91. The Morgan fingerprint density at radius 2 is 2.10 bits per heavy atom. The van der Waals surface area contributed by atoms with Crippen LogP contribution in [-0.2, 0) is 24.7 Å². The molecule has 1 spiro atoms. The molecule has 1 amide bonds. The van der Waals surface area contributed by atoms with E-state index in [1.54, 1.807) is 0 Å². The minimum absolute atomic E-state index is 0.0288. The molecule has 0 saturated carbocycles. The Bertz CT molecular complexity index is 988. The molecule has 3 heterocycles. The van der Waals surface area contributed by atoms with Gasteiger partial charge in [-0.2, -0.15) is 0 Å². The molecule has 30 heavy (non-hydrogen) atoms. The average molecular weight is 461 g/mol. The van der Waals surface area contributed by atoms with Crippen LogP contribution in [0.5, 0.6) is 0 Å². The number of carboxylic acid groups (broad SMARTS) is 1. The van der Waals surface area contributed by atoms with Crippen LogP contribution in [0.25, 0.3) is 0 Å². The highest BCUT2D eigenvalue weighted by molar-refractivity contribution is 6.44. The highest BCUT2D eigenvalue weighted by Crippen LogP contribution is 2.61. The van der Waals surface area contributed by atoms with Crippen LogP contribution < -0.4 is 5.32 Å². The van der Waals surface area contributed by atoms with Crippen LogP contribution in [0.3, 0.4) is 0 Å². The fraction of sp³-hybridized carbons (Fsp3) is 0.421. The van der Waals surface area contributed by atoms with Gasteiger partial charge in [-0.3, -0.25) is 19.3 Å². The van der Waals surface area contributed by atoms with Crippen LogP contribution in [0, 0.1) is 11.8 Å². The Morgan fingerprint density at radius 1 is 1.40 bits per heavy atom. The van der Waals surface area contributed by atoms with Gasteiger partial charge in [0.1, 0.15) is 18.1 Å². The lowest BCUT2D eigenvalue weighted by Gasteiger charge is -2.36. The van der Waals surface area contributed by atoms with Gasteiger partial charge in [-0.25, -0.2) is 8.78 Å². The van der Waals surface area contributed by atoms with Gasteiger partial charge in [-0.15, -0.1) is 0 Å². The monoisotopic (exact) mass is 460 g/mol. The Labute approximate surface area is 179 Å². The number of hydrogen-bond donors (Lipinski definition) is 2. The molecule has 3 aliphatic heterocycles. The van der Waals surface area contributed by atoms with Gasteiger partial charge in [0.2, 0.25) is 0 Å². The number of carbonyl (C=O) groups is 3. The second-order valence-corrected chi connectivity index (χ2v) is 8.31. The summed E-state index contributed by atoms with van der Waals surface area (Å²) in [6.07, 6.45) is 0.477. The van der Waals surface area contributed by atoms with Crippen molar-refractivity contribution in [3.05, 3.63) is 40.4 Å². The van der Waals surface area contributed by atoms with Crippen molar-refractivity contribution in [2.75, 3.05) is 18.5 Å². The van der Waals surface area contributed by atoms with Crippen molar-refractivity contribution in [3.8, 4) is 0 Å². The highest BCUT2D eigenvalue weighted by Gasteiger charge is 2.74. The van der Waals surface area contributed by atoms with Crippen molar-refractivity contribution in [2.24, 2.45) is 11.8 Å². The summed E-state index contributed by atoms with van der Waals surface area (Å²) in [7, 11) is 0. The number of amides is 1. The summed E-state index contributed by atoms with van der Waals surface area (Å²) >= 11 is 12.2. The molecule has 7 nitrogen and oxygen atoms in total. The van der Waals surface area contributed by atoms with E-state index in [1.165, 1.54) is 18.2 Å². The molecule has 4 atom stereocenters. The second-order valence-electron chi connectivity index (χ2n) is 7.52. The van der Waals surface area contributed by atoms with Crippen LogP contribution in [0.15, 0.2) is 24.8 Å². The Morgan fingerprint density at radius 3 is 2.73 bits per heavy atom. The molecular formula is C19H16Cl2F2N2O5. The topological polar surface area (TPSA) is 95.9 Å². The van der Waals surface area contributed by atoms with Crippen molar-refractivity contribution in [1.82, 2.24) is 4.90 Å². The zero-order chi connectivity index (χ0) is 22.0. The number of rotatable bonds is 4. The van der Waals surface area contributed by atoms with E-state index >= 15 is 0 Å². The summed E-state index contributed by atoms with van der Waals surface area (Å²) in [5, 5.41) is 12.5. The van der Waals surface area contributed by atoms with E-state index in [0.717, 1.165) is 4.90 Å². The highest BCUT2D eigenvalue weighted by atomic mass is 35.5. The lowest BCUT2D eigenvalue weighted by Crippen LogP contribution is -2.54. The number of carboxylic acids is 1. The molecule has 0 aromatic heterocycles. The van der Waals surface area contributed by atoms with E-state index in [9.17, 15) is 28.3 Å². The van der Waals surface area contributed by atoms with E-state index < -0.39 is 60.2 Å². The number of halogens is 4. The summed E-state index contributed by atoms with van der Waals surface area (Å²) in [5.41, 5.74) is -1.83. The van der Waals surface area contributed by atoms with Crippen LogP contribution in [0.2, 0.25) is 10.0 Å². The minimum Gasteiger partial charge on any atom is -0.481 e. The first-order valence-corrected chi connectivity index (χ1v) is 9.76. The largest absolute Gasteiger partial charge is 0.481 e. The summed E-state index contributed by atoms with van der Waals surface area (Å²) in [4.78, 5) is 39.6. The van der Waals surface area contributed by atoms with Gasteiger partial charge >= 0.3 is 11.9 Å². The van der Waals surface area contributed by atoms with Crippen molar-refractivity contribution in [1.29, 1.82) is 0 Å². The van der Waals surface area contributed by atoms with Gasteiger partial charge in [-0.1, -0.05) is 41.9 Å². The molecule has 0 radical (unpaired) electrons. The third-order valence-electron chi connectivity index (χ3n) is 5.96. The zero-order valence-electron chi connectivity index (χ0n) is 15.3. The first-order chi connectivity index (χ1) is 14.1. The van der Waals surface area contributed by atoms with Crippen LogP contribution >= 0.6 is 23.2 Å². The van der Waals surface area contributed by atoms with Gasteiger partial charge in [0.15, 0.2) is 0 Å². The molecule has 0 bridgehead atoms. The SMILES string of the molecule is C=CCOC(=O)[C@H]1[C@@H](C(=O)O)[C@@H]2CC(F)(F)CN2C12C(=O)Nc1c2ccc(Cl)c1Cl. The van der Waals surface area contributed by atoms with Gasteiger partial charge in [0, 0.05) is 18.0 Å². The molecule has 11 heteroatoms. The second kappa shape index (κ2) is 6.90. The van der Waals surface area contributed by atoms with E-state index in [4.69, 9.17) is 27.9 Å². The molecule has 3 aliphatic rings. The third kappa shape index (κ3) is 2.68. The number of alkyl halides is 2. The normalized spacial score (nSPS) is 31.3. The van der Waals surface area contributed by atoms with Gasteiger partial charge in [0.05, 0.1) is 28.2 Å². The summed E-state index contributed by atoms with van der Waals surface area (Å²) < 4.78 is 33.9. The van der Waals surface area contributed by atoms with Crippen molar-refractivity contribution in [2.45, 2.75) is 23.9 Å². The van der Waals surface area contributed by atoms with E-state index in [0.29, 0.717) is 0 Å². The number of ether oxygens (including phenoxy) is 1. The number of fused-ring (bicyclic) bond motifs is 4. The van der Waals surface area contributed by atoms with Gasteiger partial charge in [-0.05, 0) is 6.07 Å². The molecule has 2 N–H and O–H groups in total. The first kappa shape index (κ1) is 21.0. The molecular weight excluding hydrogens is 445 g/mol. The number of nitrogens with one attached hydrogen (secondary N) is 1. The standard InChI is InChI=1S/C19H16Cl2F2N2O5/c1-2-5-30-16(28)12-11(15(26)27)10-6-18(22,23)7-25(10)19(12)8-3-4-9(20)13(21)14(8)24-17(19)29/h2-4,10-12H,1,5-7H2,(H,24,29)(H,26,27)/t10-,11-,12+,19?/m0/s1. The van der Waals surface area contributed by atoms with Crippen molar-refractivity contribution >= 4 is 46.7 Å². The van der Waals surface area contributed by atoms with Gasteiger partial charge < -0.3 is 15.2 Å². The van der Waals surface area contributed by atoms with Crippen molar-refractivity contribution < 1.29 is 33.0 Å². The fourth-order valence-electron chi connectivity index (χ4n) is 4.99. The molecule has 2 saturated heterocycles. The number of aliphatic carboxylic acids is 1. The Hall–Kier alpha value is -2.23. The van der Waals surface area contributed by atoms with Crippen molar-refractivity contribution in [3.63, 3.8) is 0 Å². The molecule has 160 valence electrons. The van der Waals surface area contributed by atoms with Crippen LogP contribution in [0.1, 0.15) is 12.0 Å². The summed E-state index contributed by atoms with van der Waals surface area (Å²) in [6, 6.07) is 1.51. The Kier molecular flexibility index (Phi) is 4.83. The van der Waals surface area contributed by atoms with E-state index in [2.05, 4.69) is 11.9 Å². The molecule has 1 unspecified atom stereocenters. The molecule has 1 aromatic carbocycles. The summed E-state index contributed by atoms with van der Waals surface area (Å²) in [5.74, 6) is -9.69. The number of esters is 1. The third-order valence-corrected chi connectivity index (χ3v) is 6.76. The summed E-state index contributed by atoms with van der Waals surface area (Å²) in [6.45, 7) is 2.32. The number of nitrogens with zero attached hydrogens (tertiary/aromatic N) is 1. The van der Waals surface area contributed by atoms with E-state index in [-0.39, 0.29) is 27.9 Å². The quantitative estimate of drug-likeness (QED) is 0.529. The Balaban J connectivity index is 1.98. The lowest BCUT2D eigenvalue weighted by atomic mass is 9.74.